The van der Waals surface area contributed by atoms with Crippen molar-refractivity contribution in [3.63, 3.8) is 0 Å². The van der Waals surface area contributed by atoms with Crippen molar-refractivity contribution in [3.8, 4) is 0 Å². The highest BCUT2D eigenvalue weighted by Gasteiger charge is 2.52. The zero-order valence-corrected chi connectivity index (χ0v) is 33.3. The van der Waals surface area contributed by atoms with E-state index in [9.17, 15) is 9.90 Å². The lowest BCUT2D eigenvalue weighted by atomic mass is 9.58. The van der Waals surface area contributed by atoms with Crippen molar-refractivity contribution in [1.82, 2.24) is 0 Å². The zero-order valence-electron chi connectivity index (χ0n) is 31.3. The van der Waals surface area contributed by atoms with E-state index in [1.54, 1.807) is 0 Å². The van der Waals surface area contributed by atoms with E-state index in [1.807, 2.05) is 0 Å². The molecule has 2 aromatic carbocycles. The summed E-state index contributed by atoms with van der Waals surface area (Å²) in [5.41, 5.74) is 0. The molecular weight excluding hydrogens is 629 g/mol. The summed E-state index contributed by atoms with van der Waals surface area (Å²) in [5.74, 6) is 2.03. The van der Waals surface area contributed by atoms with E-state index in [2.05, 4.69) is 122 Å². The second-order valence-electron chi connectivity index (χ2n) is 18.1. The molecule has 266 valence electrons. The maximum absolute atomic E-state index is 12.7. The van der Waals surface area contributed by atoms with Crippen molar-refractivity contribution in [1.29, 1.82) is 0 Å². The van der Waals surface area contributed by atoms with Crippen LogP contribution in [0.5, 0.6) is 0 Å². The number of carbonyl (C=O) groups is 1. The Balaban J connectivity index is 1.26. The number of hydrogen-bond acceptors (Lipinski definition) is 5. The third-order valence-corrected chi connectivity index (χ3v) is 22.2. The molecule has 0 bridgehead atoms. The SMILES string of the molecule is C[C@H]1CC[C@H]2C[C@H](CO[Si](c3ccccc3)(c3ccccc3)C(C)(C)C)C[C@H](O)[C@@H]2[C@H]1CC[C@@H]1C[C@@H](O[Si](C)(C)C(C)(C)C)CC(=O)O1. The Morgan fingerprint density at radius 3 is 2.00 bits per heavy atom. The van der Waals surface area contributed by atoms with Gasteiger partial charge in [-0.25, -0.2) is 0 Å². The van der Waals surface area contributed by atoms with Gasteiger partial charge in [-0.05, 0) is 95.2 Å². The van der Waals surface area contributed by atoms with E-state index in [1.165, 1.54) is 23.2 Å². The first-order valence-electron chi connectivity index (χ1n) is 18.8. The summed E-state index contributed by atoms with van der Waals surface area (Å²) >= 11 is 0. The standard InChI is InChI=1S/C41H64O5Si2/c1-29-20-21-31-24-30(28-44-48(41(5,6)7,34-16-12-10-13-17-34)35-18-14-11-15-19-35)25-37(42)39(31)36(29)23-22-32-26-33(27-38(43)45-32)46-47(8,9)40(2,3)4/h10-19,29-33,36-37,39,42H,20-28H2,1-9H3/t29-,30-,31-,32+,33+,36-,37-,39-/m0/s1. The third-order valence-electron chi connectivity index (χ3n) is 12.7. The zero-order chi connectivity index (χ0) is 34.9. The van der Waals surface area contributed by atoms with Crippen molar-refractivity contribution in [2.45, 2.75) is 141 Å². The molecule has 1 heterocycles. The molecule has 2 aromatic rings. The van der Waals surface area contributed by atoms with Crippen LogP contribution >= 0.6 is 0 Å². The minimum atomic E-state index is -2.62. The van der Waals surface area contributed by atoms with E-state index < -0.39 is 16.6 Å². The average molecular weight is 693 g/mol. The lowest BCUT2D eigenvalue weighted by molar-refractivity contribution is -0.160. The van der Waals surface area contributed by atoms with Gasteiger partial charge >= 0.3 is 5.97 Å². The number of benzene rings is 2. The summed E-state index contributed by atoms with van der Waals surface area (Å²) in [6.45, 7) is 21.4. The minimum absolute atomic E-state index is 0.0507. The number of rotatable bonds is 10. The van der Waals surface area contributed by atoms with Crippen molar-refractivity contribution in [2.24, 2.45) is 29.6 Å². The summed E-state index contributed by atoms with van der Waals surface area (Å²) < 4.78 is 19.9. The molecule has 8 atom stereocenters. The highest BCUT2D eigenvalue weighted by molar-refractivity contribution is 6.99. The van der Waals surface area contributed by atoms with Gasteiger partial charge in [0.1, 0.15) is 6.10 Å². The fourth-order valence-electron chi connectivity index (χ4n) is 9.21. The number of cyclic esters (lactones) is 1. The van der Waals surface area contributed by atoms with Gasteiger partial charge in [-0.1, -0.05) is 116 Å². The molecule has 0 amide bonds. The maximum atomic E-state index is 12.7. The van der Waals surface area contributed by atoms with Crippen molar-refractivity contribution in [3.05, 3.63) is 60.7 Å². The van der Waals surface area contributed by atoms with Crippen LogP contribution in [0.25, 0.3) is 0 Å². The lowest BCUT2D eigenvalue weighted by Crippen LogP contribution is -2.67. The molecule has 0 unspecified atom stereocenters. The average Bonchev–Trinajstić information content (AvgIpc) is 3.00. The van der Waals surface area contributed by atoms with E-state index in [4.69, 9.17) is 13.6 Å². The van der Waals surface area contributed by atoms with Crippen LogP contribution in [0.4, 0.5) is 0 Å². The Hall–Kier alpha value is -1.78. The van der Waals surface area contributed by atoms with Crippen LogP contribution in [0, 0.1) is 29.6 Å². The molecule has 0 aromatic heterocycles. The molecule has 1 saturated heterocycles. The summed E-state index contributed by atoms with van der Waals surface area (Å²) in [6.07, 6.45) is 6.81. The number of esters is 1. The molecule has 3 aliphatic rings. The van der Waals surface area contributed by atoms with Gasteiger partial charge in [0.05, 0.1) is 18.6 Å². The van der Waals surface area contributed by atoms with E-state index in [-0.39, 0.29) is 34.4 Å². The normalized spacial score (nSPS) is 30.4. The summed E-state index contributed by atoms with van der Waals surface area (Å²) in [4.78, 5) is 12.7. The van der Waals surface area contributed by atoms with Gasteiger partial charge in [-0.15, -0.1) is 0 Å². The molecule has 2 aliphatic carbocycles. The molecule has 3 fully saturated rings. The monoisotopic (exact) mass is 692 g/mol. The van der Waals surface area contributed by atoms with E-state index in [0.717, 1.165) is 32.1 Å². The Labute approximate surface area is 293 Å². The predicted molar refractivity (Wildman–Crippen MR) is 202 cm³/mol. The molecule has 0 radical (unpaired) electrons. The highest BCUT2D eigenvalue weighted by Crippen LogP contribution is 2.50. The first-order chi connectivity index (χ1) is 22.5. The molecule has 5 rings (SSSR count). The van der Waals surface area contributed by atoms with Crippen LogP contribution in [-0.2, 0) is 18.4 Å². The predicted octanol–water partition coefficient (Wildman–Crippen LogP) is 8.49. The van der Waals surface area contributed by atoms with Crippen molar-refractivity contribution >= 4 is 33.0 Å². The van der Waals surface area contributed by atoms with Crippen LogP contribution in [0.1, 0.15) is 99.8 Å². The van der Waals surface area contributed by atoms with Gasteiger partial charge in [0.2, 0.25) is 0 Å². The second-order valence-corrected chi connectivity index (χ2v) is 27.1. The van der Waals surface area contributed by atoms with E-state index >= 15 is 0 Å². The Morgan fingerprint density at radius 2 is 1.44 bits per heavy atom. The van der Waals surface area contributed by atoms with Crippen LogP contribution in [0.15, 0.2) is 60.7 Å². The number of hydrogen-bond donors (Lipinski definition) is 1. The smallest absolute Gasteiger partial charge is 0.308 e. The molecule has 7 heteroatoms. The summed E-state index contributed by atoms with van der Waals surface area (Å²) in [6, 6.07) is 21.8. The minimum Gasteiger partial charge on any atom is -0.462 e. The Morgan fingerprint density at radius 1 is 0.833 bits per heavy atom. The van der Waals surface area contributed by atoms with Gasteiger partial charge in [0.15, 0.2) is 8.32 Å². The highest BCUT2D eigenvalue weighted by atomic mass is 28.4. The maximum Gasteiger partial charge on any atom is 0.308 e. The second kappa shape index (κ2) is 14.8. The largest absolute Gasteiger partial charge is 0.462 e. The van der Waals surface area contributed by atoms with Crippen LogP contribution in [-0.4, -0.2) is 52.6 Å². The van der Waals surface area contributed by atoms with Gasteiger partial charge in [0, 0.05) is 13.0 Å². The lowest BCUT2D eigenvalue weighted by Gasteiger charge is -2.50. The van der Waals surface area contributed by atoms with Gasteiger partial charge in [-0.2, -0.15) is 0 Å². The Kier molecular flexibility index (Phi) is 11.6. The first-order valence-corrected chi connectivity index (χ1v) is 23.6. The molecule has 48 heavy (non-hydrogen) atoms. The van der Waals surface area contributed by atoms with Gasteiger partial charge < -0.3 is 18.7 Å². The number of aliphatic hydroxyl groups excluding tert-OH is 1. The topological polar surface area (TPSA) is 65.0 Å². The summed E-state index contributed by atoms with van der Waals surface area (Å²) in [5, 5.41) is 14.5. The first kappa shape index (κ1) is 37.5. The van der Waals surface area contributed by atoms with Crippen LogP contribution in [0.2, 0.25) is 23.2 Å². The van der Waals surface area contributed by atoms with Crippen LogP contribution in [0.3, 0.4) is 0 Å². The van der Waals surface area contributed by atoms with Crippen molar-refractivity contribution in [2.75, 3.05) is 6.61 Å². The van der Waals surface area contributed by atoms with Crippen molar-refractivity contribution < 1.29 is 23.5 Å². The van der Waals surface area contributed by atoms with E-state index in [0.29, 0.717) is 42.6 Å². The quantitative estimate of drug-likeness (QED) is 0.200. The summed E-state index contributed by atoms with van der Waals surface area (Å²) in [7, 11) is -4.60. The number of aliphatic hydroxyl groups is 1. The van der Waals surface area contributed by atoms with Crippen LogP contribution < -0.4 is 10.4 Å². The van der Waals surface area contributed by atoms with Gasteiger partial charge in [0.25, 0.3) is 8.32 Å². The fourth-order valence-corrected chi connectivity index (χ4v) is 15.2. The molecule has 1 aliphatic heterocycles. The molecule has 5 nitrogen and oxygen atoms in total. The van der Waals surface area contributed by atoms with Gasteiger partial charge in [-0.3, -0.25) is 4.79 Å². The molecular formula is C41H64O5Si2. The number of fused-ring (bicyclic) bond motifs is 1. The number of ether oxygens (including phenoxy) is 1. The molecule has 1 N–H and O–H groups in total. The third kappa shape index (κ3) is 8.06. The molecule has 0 spiro atoms. The fraction of sp³-hybridized carbons (Fsp3) is 0.683. The Bertz CT molecular complexity index is 1290. The number of carbonyl (C=O) groups excluding carboxylic acids is 1. The molecule has 2 saturated carbocycles.